The van der Waals surface area contributed by atoms with E-state index < -0.39 is 11.4 Å². The first kappa shape index (κ1) is 13.2. The van der Waals surface area contributed by atoms with Gasteiger partial charge in [0.15, 0.2) is 0 Å². The molecule has 0 aromatic carbocycles. The Kier molecular flexibility index (Phi) is 4.93. The highest BCUT2D eigenvalue weighted by Crippen LogP contribution is 2.24. The van der Waals surface area contributed by atoms with Crippen LogP contribution in [-0.4, -0.2) is 16.8 Å². The molecular weight excluding hydrogens is 224 g/mol. The molecule has 1 rings (SSSR count). The van der Waals surface area contributed by atoms with Gasteiger partial charge < -0.3 is 9.52 Å². The van der Waals surface area contributed by atoms with Gasteiger partial charge in [0.2, 0.25) is 0 Å². The van der Waals surface area contributed by atoms with Gasteiger partial charge in [-0.15, -0.1) is 0 Å². The van der Waals surface area contributed by atoms with Crippen molar-refractivity contribution in [2.45, 2.75) is 32.4 Å². The van der Waals surface area contributed by atoms with Gasteiger partial charge in [-0.1, -0.05) is 0 Å². The van der Waals surface area contributed by atoms with E-state index in [0.717, 1.165) is 23.7 Å². The van der Waals surface area contributed by atoms with E-state index in [0.29, 0.717) is 6.42 Å². The maximum Gasteiger partial charge on any atom is 0.309 e. The number of carboxylic acids is 1. The first-order valence-electron chi connectivity index (χ1n) is 5.36. The monoisotopic (exact) mass is 242 g/mol. The van der Waals surface area contributed by atoms with Crippen molar-refractivity contribution in [3.05, 3.63) is 24.2 Å². The lowest BCUT2D eigenvalue weighted by molar-refractivity contribution is -0.147. The van der Waals surface area contributed by atoms with Crippen molar-refractivity contribution in [2.24, 2.45) is 5.41 Å². The summed E-state index contributed by atoms with van der Waals surface area (Å²) in [4.78, 5) is 10.8. The first-order chi connectivity index (χ1) is 7.52. The van der Waals surface area contributed by atoms with Gasteiger partial charge in [0.05, 0.1) is 17.4 Å². The van der Waals surface area contributed by atoms with E-state index in [2.05, 4.69) is 0 Å². The standard InChI is InChI=1S/C12H18O3S/c1-12(2,11(13)14)6-4-8-16-9-10-5-3-7-15-10/h3,5,7H,4,6,8-9H2,1-2H3,(H,13,14). The van der Waals surface area contributed by atoms with Gasteiger partial charge in [-0.05, 0) is 44.6 Å². The molecule has 1 aromatic heterocycles. The lowest BCUT2D eigenvalue weighted by Crippen LogP contribution is -2.23. The van der Waals surface area contributed by atoms with Gasteiger partial charge in [-0.2, -0.15) is 11.8 Å². The highest BCUT2D eigenvalue weighted by atomic mass is 32.2. The Bertz CT molecular complexity index is 317. The SMILES string of the molecule is CC(C)(CCCSCc1ccco1)C(=O)O. The summed E-state index contributed by atoms with van der Waals surface area (Å²) in [5.74, 6) is 2.09. The fraction of sp³-hybridized carbons (Fsp3) is 0.583. The molecule has 1 aromatic rings. The number of carbonyl (C=O) groups is 1. The molecule has 0 bridgehead atoms. The van der Waals surface area contributed by atoms with Crippen molar-refractivity contribution >= 4 is 17.7 Å². The molecule has 0 aliphatic carbocycles. The predicted molar refractivity (Wildman–Crippen MR) is 65.5 cm³/mol. The van der Waals surface area contributed by atoms with Crippen molar-refractivity contribution in [1.82, 2.24) is 0 Å². The molecule has 0 spiro atoms. The van der Waals surface area contributed by atoms with Gasteiger partial charge >= 0.3 is 5.97 Å². The molecule has 1 heterocycles. The lowest BCUT2D eigenvalue weighted by atomic mass is 9.88. The minimum atomic E-state index is -0.719. The van der Waals surface area contributed by atoms with E-state index in [1.54, 1.807) is 31.9 Å². The number of rotatable bonds is 7. The molecular formula is C12H18O3S. The second-order valence-electron chi connectivity index (χ2n) is 4.42. The molecule has 0 radical (unpaired) electrons. The Morgan fingerprint density at radius 2 is 2.31 bits per heavy atom. The van der Waals surface area contributed by atoms with Crippen LogP contribution in [0.3, 0.4) is 0 Å². The molecule has 3 nitrogen and oxygen atoms in total. The van der Waals surface area contributed by atoms with Gasteiger partial charge in [-0.3, -0.25) is 4.79 Å². The fourth-order valence-electron chi connectivity index (χ4n) is 1.29. The number of hydrogen-bond acceptors (Lipinski definition) is 3. The minimum absolute atomic E-state index is 0.606. The number of thioether (sulfide) groups is 1. The summed E-state index contributed by atoms with van der Waals surface area (Å²) in [6.45, 7) is 3.54. The molecule has 0 atom stereocenters. The number of carboxylic acid groups (broad SMARTS) is 1. The van der Waals surface area contributed by atoms with Gasteiger partial charge in [0, 0.05) is 0 Å². The summed E-state index contributed by atoms with van der Waals surface area (Å²) in [5.41, 5.74) is -0.606. The molecule has 1 N–H and O–H groups in total. The van der Waals surface area contributed by atoms with Crippen LogP contribution in [0.25, 0.3) is 0 Å². The van der Waals surface area contributed by atoms with Crippen LogP contribution in [0.2, 0.25) is 0 Å². The van der Waals surface area contributed by atoms with E-state index in [1.807, 2.05) is 12.1 Å². The highest BCUT2D eigenvalue weighted by Gasteiger charge is 2.25. The second-order valence-corrected chi connectivity index (χ2v) is 5.53. The molecule has 4 heteroatoms. The molecule has 0 amide bonds. The Labute approximate surface area is 100 Å². The van der Waals surface area contributed by atoms with Crippen molar-refractivity contribution in [1.29, 1.82) is 0 Å². The second kappa shape index (κ2) is 5.99. The zero-order valence-electron chi connectivity index (χ0n) is 9.73. The summed E-state index contributed by atoms with van der Waals surface area (Å²) in [7, 11) is 0. The van der Waals surface area contributed by atoms with Crippen LogP contribution in [0.1, 0.15) is 32.4 Å². The first-order valence-corrected chi connectivity index (χ1v) is 6.51. The van der Waals surface area contributed by atoms with Gasteiger partial charge in [0.1, 0.15) is 5.76 Å². The van der Waals surface area contributed by atoms with Crippen molar-refractivity contribution in [3.8, 4) is 0 Å². The molecule has 0 saturated heterocycles. The summed E-state index contributed by atoms with van der Waals surface area (Å²) in [6, 6.07) is 3.83. The molecule has 0 saturated carbocycles. The average molecular weight is 242 g/mol. The van der Waals surface area contributed by atoms with E-state index in [9.17, 15) is 4.79 Å². The topological polar surface area (TPSA) is 50.4 Å². The summed E-state index contributed by atoms with van der Waals surface area (Å²) < 4.78 is 5.20. The highest BCUT2D eigenvalue weighted by molar-refractivity contribution is 7.98. The van der Waals surface area contributed by atoms with Crippen LogP contribution in [0.4, 0.5) is 0 Å². The maximum atomic E-state index is 10.8. The number of furan rings is 1. The minimum Gasteiger partial charge on any atom is -0.481 e. The van der Waals surface area contributed by atoms with Crippen LogP contribution in [-0.2, 0) is 10.5 Å². The van der Waals surface area contributed by atoms with E-state index in [1.165, 1.54) is 0 Å². The number of aliphatic carboxylic acids is 1. The Morgan fingerprint density at radius 1 is 1.56 bits per heavy atom. The largest absolute Gasteiger partial charge is 0.481 e. The van der Waals surface area contributed by atoms with Crippen molar-refractivity contribution in [3.63, 3.8) is 0 Å². The van der Waals surface area contributed by atoms with E-state index >= 15 is 0 Å². The Morgan fingerprint density at radius 3 is 2.88 bits per heavy atom. The molecule has 0 aliphatic rings. The Balaban J connectivity index is 2.10. The lowest BCUT2D eigenvalue weighted by Gasteiger charge is -2.18. The third-order valence-corrected chi connectivity index (χ3v) is 3.56. The molecule has 0 unspecified atom stereocenters. The summed E-state index contributed by atoms with van der Waals surface area (Å²) in [5, 5.41) is 8.93. The van der Waals surface area contributed by atoms with Crippen molar-refractivity contribution < 1.29 is 14.3 Å². The number of hydrogen-bond donors (Lipinski definition) is 1. The summed E-state index contributed by atoms with van der Waals surface area (Å²) >= 11 is 1.78. The summed E-state index contributed by atoms with van der Waals surface area (Å²) in [6.07, 6.45) is 3.31. The van der Waals surface area contributed by atoms with Crippen molar-refractivity contribution in [2.75, 3.05) is 5.75 Å². The van der Waals surface area contributed by atoms with Crippen LogP contribution in [0.5, 0.6) is 0 Å². The van der Waals surface area contributed by atoms with E-state index in [4.69, 9.17) is 9.52 Å². The average Bonchev–Trinajstić information content (AvgIpc) is 2.69. The smallest absolute Gasteiger partial charge is 0.309 e. The normalized spacial score (nSPS) is 11.6. The van der Waals surface area contributed by atoms with Gasteiger partial charge in [0.25, 0.3) is 0 Å². The predicted octanol–water partition coefficient (Wildman–Crippen LogP) is 3.40. The molecule has 0 aliphatic heterocycles. The zero-order chi connectivity index (χ0) is 12.0. The Hall–Kier alpha value is -0.900. The molecule has 0 fully saturated rings. The maximum absolute atomic E-state index is 10.8. The van der Waals surface area contributed by atoms with Crippen LogP contribution < -0.4 is 0 Å². The zero-order valence-corrected chi connectivity index (χ0v) is 10.5. The third kappa shape index (κ3) is 4.31. The quantitative estimate of drug-likeness (QED) is 0.744. The fourth-order valence-corrected chi connectivity index (χ4v) is 2.15. The molecule has 90 valence electrons. The van der Waals surface area contributed by atoms with E-state index in [-0.39, 0.29) is 0 Å². The van der Waals surface area contributed by atoms with Crippen LogP contribution in [0, 0.1) is 5.41 Å². The van der Waals surface area contributed by atoms with Crippen LogP contribution >= 0.6 is 11.8 Å². The van der Waals surface area contributed by atoms with Gasteiger partial charge in [-0.25, -0.2) is 0 Å². The van der Waals surface area contributed by atoms with Crippen LogP contribution in [0.15, 0.2) is 22.8 Å². The third-order valence-electron chi connectivity index (χ3n) is 2.49. The molecule has 16 heavy (non-hydrogen) atoms.